The third-order valence-corrected chi connectivity index (χ3v) is 4.47. The average Bonchev–Trinajstić information content (AvgIpc) is 2.59. The minimum Gasteiger partial charge on any atom is -0.481 e. The van der Waals surface area contributed by atoms with E-state index in [4.69, 9.17) is 0 Å². The molecule has 0 bridgehead atoms. The highest BCUT2D eigenvalue weighted by Gasteiger charge is 2.35. The molecule has 1 atom stereocenters. The number of nitro benzene ring substituents is 1. The van der Waals surface area contributed by atoms with Crippen LogP contribution in [0.4, 0.5) is 5.69 Å². The zero-order valence-corrected chi connectivity index (χ0v) is 14.8. The van der Waals surface area contributed by atoms with Crippen molar-refractivity contribution in [3.8, 4) is 0 Å². The van der Waals surface area contributed by atoms with Gasteiger partial charge in [0.1, 0.15) is 5.41 Å². The van der Waals surface area contributed by atoms with Crippen LogP contribution in [0.15, 0.2) is 42.5 Å². The van der Waals surface area contributed by atoms with Crippen LogP contribution in [-0.4, -0.2) is 28.5 Å². The van der Waals surface area contributed by atoms with Gasteiger partial charge in [-0.1, -0.05) is 30.3 Å². The Labute approximate surface area is 150 Å². The maximum atomic E-state index is 12.5. The van der Waals surface area contributed by atoms with E-state index in [-0.39, 0.29) is 17.8 Å². The van der Waals surface area contributed by atoms with Gasteiger partial charge in [0.2, 0.25) is 0 Å². The van der Waals surface area contributed by atoms with E-state index in [1.165, 1.54) is 13.0 Å². The lowest BCUT2D eigenvalue weighted by Gasteiger charge is -2.26. The lowest BCUT2D eigenvalue weighted by molar-refractivity contribution is -0.385. The van der Waals surface area contributed by atoms with Gasteiger partial charge in [0.15, 0.2) is 0 Å². The number of rotatable bonds is 6. The maximum Gasteiger partial charge on any atom is 0.315 e. The number of benzene rings is 2. The van der Waals surface area contributed by atoms with Crippen molar-refractivity contribution in [2.75, 3.05) is 6.54 Å². The fraction of sp³-hybridized carbons (Fsp3) is 0.263. The first kappa shape index (κ1) is 19.1. The van der Waals surface area contributed by atoms with E-state index in [0.717, 1.165) is 0 Å². The standard InChI is InChI=1S/C19H20N2O5/c1-12-9-13(2)16(21(25)26)10-15(12)17(22)20-11-19(3,18(23)24)14-7-5-4-6-8-14/h4-10H,11H2,1-3H3,(H,20,22)(H,23,24). The molecule has 2 aromatic rings. The SMILES string of the molecule is Cc1cc(C)c([N+](=O)[O-])cc1C(=O)NCC(C)(C(=O)O)c1ccccc1. The van der Waals surface area contributed by atoms with E-state index in [2.05, 4.69) is 5.32 Å². The molecule has 0 aliphatic carbocycles. The summed E-state index contributed by atoms with van der Waals surface area (Å²) >= 11 is 0. The van der Waals surface area contributed by atoms with Crippen LogP contribution >= 0.6 is 0 Å². The molecule has 26 heavy (non-hydrogen) atoms. The van der Waals surface area contributed by atoms with Gasteiger partial charge in [0.25, 0.3) is 11.6 Å². The van der Waals surface area contributed by atoms with Crippen LogP contribution in [0, 0.1) is 24.0 Å². The Bertz CT molecular complexity index is 864. The topological polar surface area (TPSA) is 110 Å². The fourth-order valence-corrected chi connectivity index (χ4v) is 2.74. The number of aliphatic carboxylic acids is 1. The molecule has 2 rings (SSSR count). The predicted molar refractivity (Wildman–Crippen MR) is 96.3 cm³/mol. The second-order valence-corrected chi connectivity index (χ2v) is 6.40. The van der Waals surface area contributed by atoms with Gasteiger partial charge in [-0.3, -0.25) is 19.7 Å². The van der Waals surface area contributed by atoms with E-state index in [0.29, 0.717) is 16.7 Å². The normalized spacial score (nSPS) is 12.9. The molecule has 2 aromatic carbocycles. The summed E-state index contributed by atoms with van der Waals surface area (Å²) in [7, 11) is 0. The Balaban J connectivity index is 2.28. The molecule has 0 saturated carbocycles. The fourth-order valence-electron chi connectivity index (χ4n) is 2.74. The highest BCUT2D eigenvalue weighted by molar-refractivity contribution is 5.97. The minimum atomic E-state index is -1.32. The van der Waals surface area contributed by atoms with Crippen molar-refractivity contribution in [1.82, 2.24) is 5.32 Å². The van der Waals surface area contributed by atoms with Crippen LogP contribution in [0.25, 0.3) is 0 Å². The summed E-state index contributed by atoms with van der Waals surface area (Å²) < 4.78 is 0. The third-order valence-electron chi connectivity index (χ3n) is 4.47. The number of hydrogen-bond acceptors (Lipinski definition) is 4. The number of carboxylic acid groups (broad SMARTS) is 1. The molecule has 0 heterocycles. The number of hydrogen-bond donors (Lipinski definition) is 2. The van der Waals surface area contributed by atoms with Crippen LogP contribution in [0.2, 0.25) is 0 Å². The lowest BCUT2D eigenvalue weighted by Crippen LogP contribution is -2.44. The number of carbonyl (C=O) groups excluding carboxylic acids is 1. The van der Waals surface area contributed by atoms with E-state index < -0.39 is 22.2 Å². The number of nitrogens with zero attached hydrogens (tertiary/aromatic N) is 1. The molecule has 1 unspecified atom stereocenters. The van der Waals surface area contributed by atoms with Gasteiger partial charge in [-0.05, 0) is 38.0 Å². The summed E-state index contributed by atoms with van der Waals surface area (Å²) in [5, 5.41) is 23.3. The molecule has 7 heteroatoms. The van der Waals surface area contributed by atoms with E-state index in [1.54, 1.807) is 50.2 Å². The monoisotopic (exact) mass is 356 g/mol. The molecule has 0 aliphatic rings. The van der Waals surface area contributed by atoms with Gasteiger partial charge in [-0.2, -0.15) is 0 Å². The Hall–Kier alpha value is -3.22. The number of carboxylic acids is 1. The third kappa shape index (κ3) is 3.72. The summed E-state index contributed by atoms with van der Waals surface area (Å²) in [6.45, 7) is 4.66. The largest absolute Gasteiger partial charge is 0.481 e. The summed E-state index contributed by atoms with van der Waals surface area (Å²) in [4.78, 5) is 34.9. The Kier molecular flexibility index (Phi) is 5.40. The zero-order valence-electron chi connectivity index (χ0n) is 14.8. The minimum absolute atomic E-state index is 0.147. The predicted octanol–water partition coefficient (Wildman–Crippen LogP) is 2.98. The molecule has 0 saturated heterocycles. The van der Waals surface area contributed by atoms with Crippen molar-refractivity contribution in [3.05, 3.63) is 74.8 Å². The Morgan fingerprint density at radius 1 is 1.15 bits per heavy atom. The van der Waals surface area contributed by atoms with Crippen LogP contribution in [-0.2, 0) is 10.2 Å². The van der Waals surface area contributed by atoms with Crippen LogP contribution in [0.1, 0.15) is 34.0 Å². The van der Waals surface area contributed by atoms with E-state index in [1.807, 2.05) is 0 Å². The summed E-state index contributed by atoms with van der Waals surface area (Å²) in [6.07, 6.45) is 0. The van der Waals surface area contributed by atoms with Crippen LogP contribution in [0.5, 0.6) is 0 Å². The van der Waals surface area contributed by atoms with Gasteiger partial charge in [0.05, 0.1) is 4.92 Å². The van der Waals surface area contributed by atoms with Crippen molar-refractivity contribution in [2.24, 2.45) is 0 Å². The summed E-state index contributed by atoms with van der Waals surface area (Å²) in [6, 6.07) is 11.4. The Morgan fingerprint density at radius 3 is 2.31 bits per heavy atom. The van der Waals surface area contributed by atoms with Crippen molar-refractivity contribution in [3.63, 3.8) is 0 Å². The second-order valence-electron chi connectivity index (χ2n) is 6.40. The quantitative estimate of drug-likeness (QED) is 0.611. The van der Waals surface area contributed by atoms with Crippen molar-refractivity contribution >= 4 is 17.6 Å². The molecule has 0 aliphatic heterocycles. The zero-order chi connectivity index (χ0) is 19.5. The van der Waals surface area contributed by atoms with Crippen LogP contribution in [0.3, 0.4) is 0 Å². The first-order chi connectivity index (χ1) is 12.2. The van der Waals surface area contributed by atoms with Crippen molar-refractivity contribution in [1.29, 1.82) is 0 Å². The first-order valence-corrected chi connectivity index (χ1v) is 7.99. The molecule has 7 nitrogen and oxygen atoms in total. The highest BCUT2D eigenvalue weighted by atomic mass is 16.6. The molecule has 2 N–H and O–H groups in total. The second kappa shape index (κ2) is 7.35. The number of aryl methyl sites for hydroxylation is 2. The van der Waals surface area contributed by atoms with Gasteiger partial charge < -0.3 is 10.4 Å². The van der Waals surface area contributed by atoms with E-state index >= 15 is 0 Å². The molecule has 0 fully saturated rings. The molecule has 0 aromatic heterocycles. The highest BCUT2D eigenvalue weighted by Crippen LogP contribution is 2.25. The van der Waals surface area contributed by atoms with E-state index in [9.17, 15) is 24.8 Å². The summed E-state index contributed by atoms with van der Waals surface area (Å²) in [5.74, 6) is -1.62. The van der Waals surface area contributed by atoms with Gasteiger partial charge in [0, 0.05) is 23.7 Å². The average molecular weight is 356 g/mol. The van der Waals surface area contributed by atoms with Crippen LogP contribution < -0.4 is 5.32 Å². The number of amides is 1. The smallest absolute Gasteiger partial charge is 0.315 e. The lowest BCUT2D eigenvalue weighted by atomic mass is 9.82. The number of nitro groups is 1. The first-order valence-electron chi connectivity index (χ1n) is 7.99. The van der Waals surface area contributed by atoms with Gasteiger partial charge >= 0.3 is 5.97 Å². The maximum absolute atomic E-state index is 12.5. The number of nitrogens with one attached hydrogen (secondary N) is 1. The molecule has 0 radical (unpaired) electrons. The molecular weight excluding hydrogens is 336 g/mol. The number of carbonyl (C=O) groups is 2. The van der Waals surface area contributed by atoms with Gasteiger partial charge in [-0.15, -0.1) is 0 Å². The molecular formula is C19H20N2O5. The Morgan fingerprint density at radius 2 is 1.77 bits per heavy atom. The summed E-state index contributed by atoms with van der Waals surface area (Å²) in [5.41, 5.74) is 0.292. The van der Waals surface area contributed by atoms with Crippen molar-refractivity contribution in [2.45, 2.75) is 26.2 Å². The molecule has 136 valence electrons. The molecule has 1 amide bonds. The molecule has 0 spiro atoms. The van der Waals surface area contributed by atoms with Crippen molar-refractivity contribution < 1.29 is 19.6 Å². The van der Waals surface area contributed by atoms with Gasteiger partial charge in [-0.25, -0.2) is 0 Å².